The van der Waals surface area contributed by atoms with Gasteiger partial charge in [-0.2, -0.15) is 0 Å². The number of hydrogen-bond donors (Lipinski definition) is 2. The molecule has 5 nitrogen and oxygen atoms in total. The van der Waals surface area contributed by atoms with Crippen LogP contribution >= 0.6 is 0 Å². The van der Waals surface area contributed by atoms with Crippen molar-refractivity contribution in [1.82, 2.24) is 4.90 Å². The van der Waals surface area contributed by atoms with E-state index in [0.717, 1.165) is 44.2 Å². The van der Waals surface area contributed by atoms with E-state index in [1.165, 1.54) is 19.3 Å². The number of nitrogens with two attached hydrogens (primary N) is 1. The molecule has 2 fully saturated rings. The summed E-state index contributed by atoms with van der Waals surface area (Å²) in [6.07, 6.45) is 9.57. The highest BCUT2D eigenvalue weighted by Gasteiger charge is 2.26. The fourth-order valence-electron chi connectivity index (χ4n) is 4.24. The maximum atomic E-state index is 12.7. The van der Waals surface area contributed by atoms with E-state index in [1.54, 1.807) is 0 Å². The van der Waals surface area contributed by atoms with Crippen LogP contribution in [-0.4, -0.2) is 35.8 Å². The summed E-state index contributed by atoms with van der Waals surface area (Å²) in [5.74, 6) is 0.101. The molecule has 2 saturated carbocycles. The number of hydrogen-bond acceptors (Lipinski definition) is 3. The molecule has 26 heavy (non-hydrogen) atoms. The molecule has 2 aliphatic carbocycles. The lowest BCUT2D eigenvalue weighted by Crippen LogP contribution is -2.38. The molecule has 0 aliphatic heterocycles. The van der Waals surface area contributed by atoms with E-state index in [4.69, 9.17) is 5.73 Å². The van der Waals surface area contributed by atoms with Crippen LogP contribution in [0.4, 0.5) is 5.69 Å². The third-order valence-electron chi connectivity index (χ3n) is 5.93. The van der Waals surface area contributed by atoms with Gasteiger partial charge in [0.25, 0.3) is 5.91 Å². The topological polar surface area (TPSA) is 75.4 Å². The highest BCUT2D eigenvalue weighted by molar-refractivity contribution is 5.96. The van der Waals surface area contributed by atoms with Gasteiger partial charge in [-0.15, -0.1) is 0 Å². The van der Waals surface area contributed by atoms with Crippen LogP contribution in [0.2, 0.25) is 0 Å². The molecule has 0 radical (unpaired) electrons. The van der Waals surface area contributed by atoms with Crippen molar-refractivity contribution in [3.05, 3.63) is 29.8 Å². The Balaban J connectivity index is 1.57. The average molecular weight is 357 g/mol. The highest BCUT2D eigenvalue weighted by Crippen LogP contribution is 2.25. The summed E-state index contributed by atoms with van der Waals surface area (Å²) in [6.45, 7) is 0. The van der Waals surface area contributed by atoms with E-state index in [0.29, 0.717) is 11.6 Å². The van der Waals surface area contributed by atoms with Crippen LogP contribution in [0.1, 0.15) is 68.1 Å². The van der Waals surface area contributed by atoms with Crippen LogP contribution < -0.4 is 11.1 Å². The maximum Gasteiger partial charge on any atom is 0.253 e. The summed E-state index contributed by atoms with van der Waals surface area (Å²) in [5, 5.41) is 2.97. The first-order valence-electron chi connectivity index (χ1n) is 9.98. The Kier molecular flexibility index (Phi) is 6.30. The van der Waals surface area contributed by atoms with Crippen LogP contribution in [-0.2, 0) is 4.79 Å². The number of carbonyl (C=O) groups excluding carboxylic acids is 2. The van der Waals surface area contributed by atoms with Gasteiger partial charge in [0.05, 0.1) is 0 Å². The summed E-state index contributed by atoms with van der Waals surface area (Å²) in [7, 11) is 1.90. The highest BCUT2D eigenvalue weighted by atomic mass is 16.2. The van der Waals surface area contributed by atoms with Gasteiger partial charge in [0.2, 0.25) is 5.91 Å². The van der Waals surface area contributed by atoms with Crippen molar-refractivity contribution in [1.29, 1.82) is 0 Å². The first kappa shape index (κ1) is 18.9. The van der Waals surface area contributed by atoms with E-state index < -0.39 is 0 Å². The molecule has 0 saturated heterocycles. The van der Waals surface area contributed by atoms with Gasteiger partial charge < -0.3 is 16.0 Å². The van der Waals surface area contributed by atoms with Crippen LogP contribution in [0.3, 0.4) is 0 Å². The number of carbonyl (C=O) groups is 2. The molecule has 2 amide bonds. The lowest BCUT2D eigenvalue weighted by molar-refractivity contribution is -0.120. The van der Waals surface area contributed by atoms with Crippen molar-refractivity contribution < 1.29 is 9.59 Å². The first-order chi connectivity index (χ1) is 12.5. The van der Waals surface area contributed by atoms with Crippen molar-refractivity contribution in [2.75, 3.05) is 12.4 Å². The summed E-state index contributed by atoms with van der Waals surface area (Å²) in [6, 6.07) is 7.75. The van der Waals surface area contributed by atoms with E-state index in [9.17, 15) is 9.59 Å². The van der Waals surface area contributed by atoms with Crippen molar-refractivity contribution in [3.63, 3.8) is 0 Å². The zero-order valence-corrected chi connectivity index (χ0v) is 15.7. The predicted octanol–water partition coefficient (Wildman–Crippen LogP) is 3.55. The molecule has 0 heterocycles. The van der Waals surface area contributed by atoms with Crippen molar-refractivity contribution >= 4 is 17.5 Å². The number of anilines is 1. The lowest BCUT2D eigenvalue weighted by Gasteiger charge is -2.31. The van der Waals surface area contributed by atoms with E-state index in [-0.39, 0.29) is 23.8 Å². The molecule has 3 N–H and O–H groups in total. The maximum absolute atomic E-state index is 12.7. The number of benzene rings is 1. The van der Waals surface area contributed by atoms with Crippen molar-refractivity contribution in [2.24, 2.45) is 11.7 Å². The smallest absolute Gasteiger partial charge is 0.253 e. The second-order valence-electron chi connectivity index (χ2n) is 7.90. The zero-order chi connectivity index (χ0) is 18.5. The minimum Gasteiger partial charge on any atom is -0.339 e. The van der Waals surface area contributed by atoms with Crippen LogP contribution in [0, 0.1) is 5.92 Å². The Labute approximate surface area is 156 Å². The van der Waals surface area contributed by atoms with Crippen molar-refractivity contribution in [3.8, 4) is 0 Å². The van der Waals surface area contributed by atoms with Gasteiger partial charge in [0.1, 0.15) is 0 Å². The second kappa shape index (κ2) is 8.67. The Hall–Kier alpha value is -1.88. The van der Waals surface area contributed by atoms with Gasteiger partial charge in [-0.1, -0.05) is 25.7 Å². The van der Waals surface area contributed by atoms with Gasteiger partial charge in [0.15, 0.2) is 0 Å². The quantitative estimate of drug-likeness (QED) is 0.865. The summed E-state index contributed by atoms with van der Waals surface area (Å²) in [5.41, 5.74) is 7.40. The molecule has 0 spiro atoms. The summed E-state index contributed by atoms with van der Waals surface area (Å²) < 4.78 is 0. The van der Waals surface area contributed by atoms with Crippen LogP contribution in [0.25, 0.3) is 0 Å². The number of nitrogens with one attached hydrogen (secondary N) is 1. The molecular formula is C21H31N3O2. The monoisotopic (exact) mass is 357 g/mol. The third-order valence-corrected chi connectivity index (χ3v) is 5.93. The molecule has 142 valence electrons. The Bertz CT molecular complexity index is 623. The van der Waals surface area contributed by atoms with Gasteiger partial charge in [-0.05, 0) is 56.4 Å². The van der Waals surface area contributed by atoms with E-state index in [1.807, 2.05) is 36.2 Å². The average Bonchev–Trinajstić information content (AvgIpc) is 2.68. The van der Waals surface area contributed by atoms with Gasteiger partial charge >= 0.3 is 0 Å². The first-order valence-corrected chi connectivity index (χ1v) is 9.98. The minimum atomic E-state index is -0.00232. The van der Waals surface area contributed by atoms with Crippen molar-refractivity contribution in [2.45, 2.75) is 69.9 Å². The molecular weight excluding hydrogens is 326 g/mol. The largest absolute Gasteiger partial charge is 0.339 e. The SMILES string of the molecule is CN(C(=O)c1ccc(NC(=O)C2CCCC(N)C2)cc1)C1CCCCC1. The summed E-state index contributed by atoms with van der Waals surface area (Å²) in [4.78, 5) is 27.0. The van der Waals surface area contributed by atoms with E-state index >= 15 is 0 Å². The van der Waals surface area contributed by atoms with Crippen LogP contribution in [0.5, 0.6) is 0 Å². The molecule has 0 bridgehead atoms. The van der Waals surface area contributed by atoms with Gasteiger partial charge in [0, 0.05) is 36.3 Å². The van der Waals surface area contributed by atoms with Gasteiger partial charge in [-0.3, -0.25) is 9.59 Å². The van der Waals surface area contributed by atoms with E-state index in [2.05, 4.69) is 5.32 Å². The predicted molar refractivity (Wildman–Crippen MR) is 104 cm³/mol. The fraction of sp³-hybridized carbons (Fsp3) is 0.619. The zero-order valence-electron chi connectivity index (χ0n) is 15.7. The standard InChI is InChI=1S/C21H31N3O2/c1-24(19-8-3-2-4-9-19)21(26)15-10-12-18(13-11-15)23-20(25)16-6-5-7-17(22)14-16/h10-13,16-17,19H,2-9,14,22H2,1H3,(H,23,25). The molecule has 5 heteroatoms. The molecule has 2 atom stereocenters. The van der Waals surface area contributed by atoms with Gasteiger partial charge in [-0.25, -0.2) is 0 Å². The number of rotatable bonds is 4. The third kappa shape index (κ3) is 4.64. The van der Waals surface area contributed by atoms with Crippen LogP contribution in [0.15, 0.2) is 24.3 Å². The molecule has 0 aromatic heterocycles. The molecule has 2 unspecified atom stereocenters. The Morgan fingerprint density at radius 2 is 1.69 bits per heavy atom. The molecule has 1 aromatic rings. The second-order valence-corrected chi connectivity index (χ2v) is 7.90. The molecule has 2 aliphatic rings. The minimum absolute atomic E-state index is 0.00232. The normalized spacial score (nSPS) is 24.1. The molecule has 1 aromatic carbocycles. The lowest BCUT2D eigenvalue weighted by atomic mass is 9.85. The number of nitrogens with zero attached hydrogens (tertiary/aromatic N) is 1. The molecule has 3 rings (SSSR count). The fourth-order valence-corrected chi connectivity index (χ4v) is 4.24. The number of amides is 2. The Morgan fingerprint density at radius 1 is 1.00 bits per heavy atom. The summed E-state index contributed by atoms with van der Waals surface area (Å²) >= 11 is 0. The Morgan fingerprint density at radius 3 is 2.35 bits per heavy atom.